The van der Waals surface area contributed by atoms with Crippen LogP contribution >= 0.6 is 34.4 Å². The Morgan fingerprint density at radius 2 is 1.62 bits per heavy atom. The highest BCUT2D eigenvalue weighted by Crippen LogP contribution is 2.46. The van der Waals surface area contributed by atoms with Crippen LogP contribution in [0.5, 0.6) is 0 Å². The molecule has 1 aromatic carbocycles. The molecule has 3 fully saturated rings. The van der Waals surface area contributed by atoms with Crippen molar-refractivity contribution in [1.29, 1.82) is 0 Å². The van der Waals surface area contributed by atoms with Gasteiger partial charge in [0, 0.05) is 4.90 Å². The third kappa shape index (κ3) is 3.94. The average molecular weight is 492 g/mol. The number of alkyl halides is 1. The van der Waals surface area contributed by atoms with Gasteiger partial charge in [-0.25, -0.2) is 0 Å². The van der Waals surface area contributed by atoms with Crippen LogP contribution in [0.15, 0.2) is 35.2 Å². The van der Waals surface area contributed by atoms with Crippen molar-refractivity contribution in [1.82, 2.24) is 0 Å². The van der Waals surface area contributed by atoms with Gasteiger partial charge in [0.2, 0.25) is 0 Å². The molecule has 0 aliphatic carbocycles. The standard InChI is InChI=1S/C19H25IO5S/c1-18(2)21-10-12(23-18)14-16-15(24-19(3,4)25-16)13(20)17(22-14)26-11-8-6-5-7-9-11/h5-9,12-17H,10H2,1-4H3/t12-,13-,14+,15+,16-,17-/m0/s1. The fraction of sp³-hybridized carbons (Fsp3) is 0.684. The normalized spacial score (nSPS) is 41.1. The molecule has 3 aliphatic rings. The molecule has 4 rings (SSSR count). The SMILES string of the molecule is CC1(C)O[C@@H]2[C@H](O1)[C@H](I)[C@H](Sc1ccccc1)O[C@@H]2[C@@H]1COC(C)(C)O1. The first-order chi connectivity index (χ1) is 12.2. The van der Waals surface area contributed by atoms with Crippen LogP contribution < -0.4 is 0 Å². The first-order valence-corrected chi connectivity index (χ1v) is 11.1. The zero-order valence-electron chi connectivity index (χ0n) is 15.4. The summed E-state index contributed by atoms with van der Waals surface area (Å²) in [4.78, 5) is 1.18. The van der Waals surface area contributed by atoms with E-state index in [1.165, 1.54) is 4.90 Å². The molecule has 0 spiro atoms. The second kappa shape index (κ2) is 7.17. The molecule has 144 valence electrons. The van der Waals surface area contributed by atoms with Crippen molar-refractivity contribution in [3.8, 4) is 0 Å². The maximum absolute atomic E-state index is 6.53. The van der Waals surface area contributed by atoms with Crippen molar-refractivity contribution in [3.05, 3.63) is 30.3 Å². The van der Waals surface area contributed by atoms with Crippen molar-refractivity contribution < 1.29 is 23.7 Å². The Bertz CT molecular complexity index is 640. The van der Waals surface area contributed by atoms with Crippen molar-refractivity contribution in [2.45, 2.75) is 77.9 Å². The maximum atomic E-state index is 6.53. The van der Waals surface area contributed by atoms with Gasteiger partial charge in [-0.1, -0.05) is 52.6 Å². The van der Waals surface area contributed by atoms with Crippen LogP contribution in [-0.4, -0.2) is 52.0 Å². The maximum Gasteiger partial charge on any atom is 0.163 e. The predicted molar refractivity (Wildman–Crippen MR) is 107 cm³/mol. The predicted octanol–water partition coefficient (Wildman–Crippen LogP) is 3.98. The summed E-state index contributed by atoms with van der Waals surface area (Å²) in [7, 11) is 0. The Morgan fingerprint density at radius 3 is 2.27 bits per heavy atom. The van der Waals surface area contributed by atoms with Crippen LogP contribution in [0.25, 0.3) is 0 Å². The first-order valence-electron chi connectivity index (χ1n) is 8.93. The largest absolute Gasteiger partial charge is 0.357 e. The molecule has 5 nitrogen and oxygen atoms in total. The highest BCUT2D eigenvalue weighted by atomic mass is 127. The summed E-state index contributed by atoms with van der Waals surface area (Å²) in [6.07, 6.45) is -0.603. The Morgan fingerprint density at radius 1 is 0.923 bits per heavy atom. The lowest BCUT2D eigenvalue weighted by Gasteiger charge is -2.41. The van der Waals surface area contributed by atoms with Crippen molar-refractivity contribution in [2.24, 2.45) is 0 Å². The number of ether oxygens (including phenoxy) is 5. The number of halogens is 1. The average Bonchev–Trinajstić information content (AvgIpc) is 3.10. The fourth-order valence-corrected chi connectivity index (χ4v) is 5.90. The highest BCUT2D eigenvalue weighted by Gasteiger charge is 2.58. The molecule has 3 heterocycles. The van der Waals surface area contributed by atoms with E-state index in [9.17, 15) is 0 Å². The highest BCUT2D eigenvalue weighted by molar-refractivity contribution is 14.1. The second-order valence-electron chi connectivity index (χ2n) is 7.78. The zero-order valence-corrected chi connectivity index (χ0v) is 18.4. The summed E-state index contributed by atoms with van der Waals surface area (Å²) in [6, 6.07) is 10.3. The van der Waals surface area contributed by atoms with Gasteiger partial charge < -0.3 is 23.7 Å². The van der Waals surface area contributed by atoms with Gasteiger partial charge in [0.05, 0.1) is 10.5 Å². The number of thioether (sulfide) groups is 1. The molecular formula is C19H25IO5S. The fourth-order valence-electron chi connectivity index (χ4n) is 3.68. The summed E-state index contributed by atoms with van der Waals surface area (Å²) < 4.78 is 31.1. The molecule has 6 atom stereocenters. The Hall–Kier alpha value is 0.1000. The van der Waals surface area contributed by atoms with E-state index in [1.54, 1.807) is 11.8 Å². The minimum atomic E-state index is -0.623. The van der Waals surface area contributed by atoms with E-state index in [2.05, 4.69) is 34.7 Å². The minimum Gasteiger partial charge on any atom is -0.357 e. The number of hydrogen-bond acceptors (Lipinski definition) is 6. The Kier molecular flexibility index (Phi) is 5.35. The van der Waals surface area contributed by atoms with E-state index in [0.717, 1.165) is 0 Å². The summed E-state index contributed by atoms with van der Waals surface area (Å²) in [5.74, 6) is -1.22. The molecule has 0 N–H and O–H groups in total. The van der Waals surface area contributed by atoms with Crippen LogP contribution in [0.2, 0.25) is 0 Å². The van der Waals surface area contributed by atoms with E-state index < -0.39 is 11.6 Å². The van der Waals surface area contributed by atoms with E-state index in [1.807, 2.05) is 45.9 Å². The Balaban J connectivity index is 1.58. The van der Waals surface area contributed by atoms with Crippen LogP contribution in [-0.2, 0) is 23.7 Å². The first kappa shape index (κ1) is 19.4. The molecule has 1 aromatic rings. The smallest absolute Gasteiger partial charge is 0.163 e. The van der Waals surface area contributed by atoms with Gasteiger partial charge >= 0.3 is 0 Å². The molecule has 3 saturated heterocycles. The summed E-state index contributed by atoms with van der Waals surface area (Å²) in [5, 5.41) is 0. The van der Waals surface area contributed by atoms with Crippen molar-refractivity contribution in [2.75, 3.05) is 6.61 Å². The molecule has 0 amide bonds. The number of fused-ring (bicyclic) bond motifs is 1. The van der Waals surface area contributed by atoms with E-state index >= 15 is 0 Å². The van der Waals surface area contributed by atoms with Gasteiger partial charge in [-0.2, -0.15) is 0 Å². The van der Waals surface area contributed by atoms with Crippen LogP contribution in [0.3, 0.4) is 0 Å². The third-order valence-electron chi connectivity index (χ3n) is 4.74. The lowest BCUT2D eigenvalue weighted by molar-refractivity contribution is -0.192. The number of hydrogen-bond donors (Lipinski definition) is 0. The summed E-state index contributed by atoms with van der Waals surface area (Å²) in [6.45, 7) is 8.28. The van der Waals surface area contributed by atoms with Gasteiger partial charge in [0.1, 0.15) is 29.9 Å². The summed E-state index contributed by atoms with van der Waals surface area (Å²) in [5.41, 5.74) is -0.0472. The van der Waals surface area contributed by atoms with Crippen molar-refractivity contribution in [3.63, 3.8) is 0 Å². The van der Waals surface area contributed by atoms with E-state index in [0.29, 0.717) is 6.61 Å². The molecule has 7 heteroatoms. The number of rotatable bonds is 3. The molecule has 26 heavy (non-hydrogen) atoms. The zero-order chi connectivity index (χ0) is 18.5. The molecular weight excluding hydrogens is 467 g/mol. The van der Waals surface area contributed by atoms with Gasteiger partial charge in [0.15, 0.2) is 11.6 Å². The second-order valence-corrected chi connectivity index (χ2v) is 10.4. The minimum absolute atomic E-state index is 0.0436. The summed E-state index contributed by atoms with van der Waals surface area (Å²) >= 11 is 4.16. The molecule has 0 unspecified atom stereocenters. The van der Waals surface area contributed by atoms with Crippen molar-refractivity contribution >= 4 is 34.4 Å². The van der Waals surface area contributed by atoms with Gasteiger partial charge in [-0.05, 0) is 39.8 Å². The van der Waals surface area contributed by atoms with Crippen LogP contribution in [0, 0.1) is 0 Å². The van der Waals surface area contributed by atoms with Crippen LogP contribution in [0.1, 0.15) is 27.7 Å². The quantitative estimate of drug-likeness (QED) is 0.470. The Labute approximate surface area is 172 Å². The van der Waals surface area contributed by atoms with E-state index in [4.69, 9.17) is 23.7 Å². The monoisotopic (exact) mass is 492 g/mol. The topological polar surface area (TPSA) is 46.2 Å². The van der Waals surface area contributed by atoms with Gasteiger partial charge in [0.25, 0.3) is 0 Å². The lowest BCUT2D eigenvalue weighted by Crippen LogP contribution is -2.57. The lowest BCUT2D eigenvalue weighted by atomic mass is 9.98. The van der Waals surface area contributed by atoms with Crippen LogP contribution in [0.4, 0.5) is 0 Å². The van der Waals surface area contributed by atoms with E-state index in [-0.39, 0.29) is 33.8 Å². The molecule has 0 saturated carbocycles. The molecule has 0 radical (unpaired) electrons. The van der Waals surface area contributed by atoms with Gasteiger partial charge in [-0.15, -0.1) is 0 Å². The molecule has 0 bridgehead atoms. The van der Waals surface area contributed by atoms with Gasteiger partial charge in [-0.3, -0.25) is 0 Å². The molecule has 0 aromatic heterocycles. The third-order valence-corrected chi connectivity index (χ3v) is 7.78. The number of benzene rings is 1. The molecule has 3 aliphatic heterocycles.